The molecule has 1 aromatic heterocycles. The minimum atomic E-state index is -0.490. The minimum Gasteiger partial charge on any atom is -0.343 e. The van der Waals surface area contributed by atoms with Crippen molar-refractivity contribution in [1.82, 2.24) is 15.5 Å². The number of non-ortho nitro benzene ring substituents is 1. The molecule has 3 aromatic rings. The molecule has 0 atom stereocenters. The highest BCUT2D eigenvalue weighted by atomic mass is 35.5. The number of benzene rings is 2. The average molecular weight is 359 g/mol. The zero-order valence-electron chi connectivity index (χ0n) is 12.7. The maximum atomic E-state index is 12.1. The molecule has 1 heterocycles. The molecule has 1 amide bonds. The number of nitrogens with one attached hydrogen (secondary N) is 1. The van der Waals surface area contributed by atoms with Crippen LogP contribution in [0.15, 0.2) is 53.1 Å². The van der Waals surface area contributed by atoms with Crippen molar-refractivity contribution < 1.29 is 14.2 Å². The SMILES string of the molecule is O=C(NCc1nc(-c2ccc([N+](=O)[O-])cc2)no1)c1ccccc1Cl. The summed E-state index contributed by atoms with van der Waals surface area (Å²) in [5.41, 5.74) is 0.886. The molecule has 0 spiro atoms. The van der Waals surface area contributed by atoms with Gasteiger partial charge < -0.3 is 9.84 Å². The van der Waals surface area contributed by atoms with E-state index in [1.165, 1.54) is 24.3 Å². The predicted molar refractivity (Wildman–Crippen MR) is 89.0 cm³/mol. The Bertz CT molecular complexity index is 924. The lowest BCUT2D eigenvalue weighted by Crippen LogP contribution is -2.23. The smallest absolute Gasteiger partial charge is 0.269 e. The van der Waals surface area contributed by atoms with Gasteiger partial charge in [-0.1, -0.05) is 28.9 Å². The molecule has 0 saturated heterocycles. The van der Waals surface area contributed by atoms with Gasteiger partial charge in [-0.15, -0.1) is 0 Å². The molecule has 0 aliphatic carbocycles. The number of hydrogen-bond donors (Lipinski definition) is 1. The summed E-state index contributed by atoms with van der Waals surface area (Å²) < 4.78 is 5.07. The van der Waals surface area contributed by atoms with Gasteiger partial charge in [-0.05, 0) is 24.3 Å². The molecule has 2 aromatic carbocycles. The van der Waals surface area contributed by atoms with Crippen molar-refractivity contribution in [2.75, 3.05) is 0 Å². The van der Waals surface area contributed by atoms with Crippen LogP contribution in [0.3, 0.4) is 0 Å². The fourth-order valence-electron chi connectivity index (χ4n) is 2.07. The molecule has 0 aliphatic heterocycles. The standard InChI is InChI=1S/C16H11ClN4O4/c17-13-4-2-1-3-12(13)16(22)18-9-14-19-15(20-25-14)10-5-7-11(8-6-10)21(23)24/h1-8H,9H2,(H,18,22). The van der Waals surface area contributed by atoms with E-state index in [9.17, 15) is 14.9 Å². The molecule has 0 fully saturated rings. The monoisotopic (exact) mass is 358 g/mol. The molecule has 0 saturated carbocycles. The van der Waals surface area contributed by atoms with Crippen LogP contribution in [0.25, 0.3) is 11.4 Å². The molecule has 8 nitrogen and oxygen atoms in total. The number of nitrogens with zero attached hydrogens (tertiary/aromatic N) is 3. The van der Waals surface area contributed by atoms with Gasteiger partial charge in [0, 0.05) is 17.7 Å². The summed E-state index contributed by atoms with van der Waals surface area (Å²) in [6.45, 7) is 0.0318. The first-order valence-electron chi connectivity index (χ1n) is 7.15. The van der Waals surface area contributed by atoms with Gasteiger partial charge in [0.25, 0.3) is 11.6 Å². The van der Waals surface area contributed by atoms with Crippen molar-refractivity contribution in [3.8, 4) is 11.4 Å². The summed E-state index contributed by atoms with van der Waals surface area (Å²) in [7, 11) is 0. The second kappa shape index (κ2) is 7.10. The van der Waals surface area contributed by atoms with E-state index in [0.717, 1.165) is 0 Å². The van der Waals surface area contributed by atoms with Crippen LogP contribution in [0.1, 0.15) is 16.2 Å². The molecule has 9 heteroatoms. The predicted octanol–water partition coefficient (Wildman–Crippen LogP) is 3.23. The van der Waals surface area contributed by atoms with E-state index in [4.69, 9.17) is 16.1 Å². The first-order valence-corrected chi connectivity index (χ1v) is 7.52. The number of carbonyl (C=O) groups excluding carboxylic acids is 1. The third-order valence-electron chi connectivity index (χ3n) is 3.32. The van der Waals surface area contributed by atoms with Crippen LogP contribution in [0, 0.1) is 10.1 Å². The molecule has 25 heavy (non-hydrogen) atoms. The Labute approximate surface area is 146 Å². The van der Waals surface area contributed by atoms with E-state index >= 15 is 0 Å². The third-order valence-corrected chi connectivity index (χ3v) is 3.65. The van der Waals surface area contributed by atoms with Crippen LogP contribution in [0.2, 0.25) is 5.02 Å². The van der Waals surface area contributed by atoms with Crippen LogP contribution in [0.5, 0.6) is 0 Å². The summed E-state index contributed by atoms with van der Waals surface area (Å²) in [5, 5.41) is 17.4. The lowest BCUT2D eigenvalue weighted by atomic mass is 10.2. The highest BCUT2D eigenvalue weighted by molar-refractivity contribution is 6.33. The molecule has 0 aliphatic rings. The van der Waals surface area contributed by atoms with Gasteiger partial charge in [0.05, 0.1) is 22.1 Å². The van der Waals surface area contributed by atoms with Gasteiger partial charge in [0.15, 0.2) is 0 Å². The average Bonchev–Trinajstić information content (AvgIpc) is 3.09. The van der Waals surface area contributed by atoms with E-state index < -0.39 is 4.92 Å². The topological polar surface area (TPSA) is 111 Å². The number of hydrogen-bond acceptors (Lipinski definition) is 6. The molecule has 126 valence electrons. The van der Waals surface area contributed by atoms with E-state index in [2.05, 4.69) is 15.5 Å². The molecule has 1 N–H and O–H groups in total. The Hall–Kier alpha value is -3.26. The number of nitro benzene ring substituents is 1. The van der Waals surface area contributed by atoms with Gasteiger partial charge in [0.2, 0.25) is 11.7 Å². The van der Waals surface area contributed by atoms with Gasteiger partial charge in [-0.3, -0.25) is 14.9 Å². The van der Waals surface area contributed by atoms with E-state index in [1.54, 1.807) is 24.3 Å². The van der Waals surface area contributed by atoms with E-state index in [1.807, 2.05) is 0 Å². The summed E-state index contributed by atoms with van der Waals surface area (Å²) in [6.07, 6.45) is 0. The van der Waals surface area contributed by atoms with Crippen molar-refractivity contribution in [2.24, 2.45) is 0 Å². The zero-order chi connectivity index (χ0) is 17.8. The zero-order valence-corrected chi connectivity index (χ0v) is 13.4. The van der Waals surface area contributed by atoms with Crippen molar-refractivity contribution in [3.05, 3.63) is 75.1 Å². The Morgan fingerprint density at radius 3 is 2.60 bits per heavy atom. The van der Waals surface area contributed by atoms with E-state index in [0.29, 0.717) is 16.1 Å². The molecular weight excluding hydrogens is 348 g/mol. The van der Waals surface area contributed by atoms with Crippen molar-refractivity contribution in [3.63, 3.8) is 0 Å². The van der Waals surface area contributed by atoms with Crippen LogP contribution < -0.4 is 5.32 Å². The van der Waals surface area contributed by atoms with Gasteiger partial charge in [-0.25, -0.2) is 0 Å². The Morgan fingerprint density at radius 2 is 1.92 bits per heavy atom. The quantitative estimate of drug-likeness (QED) is 0.553. The number of rotatable bonds is 5. The highest BCUT2D eigenvalue weighted by Crippen LogP contribution is 2.20. The first kappa shape index (κ1) is 16.6. The molecular formula is C16H11ClN4O4. The lowest BCUT2D eigenvalue weighted by Gasteiger charge is -2.03. The Balaban J connectivity index is 1.67. The van der Waals surface area contributed by atoms with E-state index in [-0.39, 0.29) is 29.9 Å². The lowest BCUT2D eigenvalue weighted by molar-refractivity contribution is -0.384. The Morgan fingerprint density at radius 1 is 1.20 bits per heavy atom. The largest absolute Gasteiger partial charge is 0.343 e. The number of halogens is 1. The highest BCUT2D eigenvalue weighted by Gasteiger charge is 2.13. The molecule has 3 rings (SSSR count). The number of carbonyl (C=O) groups is 1. The van der Waals surface area contributed by atoms with Crippen molar-refractivity contribution in [2.45, 2.75) is 6.54 Å². The number of aromatic nitrogens is 2. The van der Waals surface area contributed by atoms with Crippen LogP contribution >= 0.6 is 11.6 Å². The summed E-state index contributed by atoms with van der Waals surface area (Å²) >= 11 is 5.96. The maximum absolute atomic E-state index is 12.1. The van der Waals surface area contributed by atoms with Crippen LogP contribution in [-0.2, 0) is 6.54 Å². The first-order chi connectivity index (χ1) is 12.0. The number of amides is 1. The van der Waals surface area contributed by atoms with Gasteiger partial charge in [0.1, 0.15) is 0 Å². The summed E-state index contributed by atoms with van der Waals surface area (Å²) in [4.78, 5) is 26.4. The van der Waals surface area contributed by atoms with Gasteiger partial charge in [-0.2, -0.15) is 4.98 Å². The Kier molecular flexibility index (Phi) is 4.71. The molecule has 0 radical (unpaired) electrons. The third kappa shape index (κ3) is 3.81. The second-order valence-electron chi connectivity index (χ2n) is 4.98. The minimum absolute atomic E-state index is 0.0283. The fourth-order valence-corrected chi connectivity index (χ4v) is 2.29. The summed E-state index contributed by atoms with van der Waals surface area (Å²) in [5.74, 6) is 0.117. The molecule has 0 bridgehead atoms. The van der Waals surface area contributed by atoms with Gasteiger partial charge >= 0.3 is 0 Å². The number of nitro groups is 1. The molecule has 0 unspecified atom stereocenters. The normalized spacial score (nSPS) is 10.4. The summed E-state index contributed by atoms with van der Waals surface area (Å²) in [6, 6.07) is 12.4. The maximum Gasteiger partial charge on any atom is 0.269 e. The van der Waals surface area contributed by atoms with Crippen molar-refractivity contribution in [1.29, 1.82) is 0 Å². The second-order valence-corrected chi connectivity index (χ2v) is 5.39. The van der Waals surface area contributed by atoms with Crippen LogP contribution in [-0.4, -0.2) is 21.0 Å². The van der Waals surface area contributed by atoms with Crippen LogP contribution in [0.4, 0.5) is 5.69 Å². The fraction of sp³-hybridized carbons (Fsp3) is 0.0625. The van der Waals surface area contributed by atoms with Crippen molar-refractivity contribution >= 4 is 23.2 Å².